The highest BCUT2D eigenvalue weighted by Gasteiger charge is 2.20. The van der Waals surface area contributed by atoms with Crippen LogP contribution in [0.4, 0.5) is 5.82 Å². The van der Waals surface area contributed by atoms with E-state index in [1.165, 1.54) is 18.4 Å². The molecular formula is C15H24N4O. The Hall–Kier alpha value is -1.62. The van der Waals surface area contributed by atoms with Crippen LogP contribution in [0.5, 0.6) is 0 Å². The quantitative estimate of drug-likeness (QED) is 0.847. The Labute approximate surface area is 121 Å². The van der Waals surface area contributed by atoms with E-state index in [0.717, 1.165) is 17.9 Å². The van der Waals surface area contributed by atoms with E-state index in [4.69, 9.17) is 0 Å². The molecule has 1 amide bonds. The van der Waals surface area contributed by atoms with Gasteiger partial charge in [0.25, 0.3) is 0 Å². The van der Waals surface area contributed by atoms with E-state index in [1.54, 1.807) is 19.0 Å². The van der Waals surface area contributed by atoms with E-state index in [9.17, 15) is 4.79 Å². The monoisotopic (exact) mass is 276 g/mol. The Kier molecular flexibility index (Phi) is 4.60. The SMILES string of the molecule is Cc1cc(CNC2CC2)cnc1N(C)CC(=O)N(C)C. The zero-order valence-electron chi connectivity index (χ0n) is 12.8. The molecule has 1 aliphatic rings. The van der Waals surface area contributed by atoms with Crippen molar-refractivity contribution in [2.24, 2.45) is 0 Å². The van der Waals surface area contributed by atoms with Crippen LogP contribution in [0.2, 0.25) is 0 Å². The van der Waals surface area contributed by atoms with Crippen molar-refractivity contribution in [3.8, 4) is 0 Å². The predicted octanol–water partition coefficient (Wildman–Crippen LogP) is 1.17. The van der Waals surface area contributed by atoms with E-state index in [0.29, 0.717) is 12.6 Å². The molecule has 1 aromatic heterocycles. The van der Waals surface area contributed by atoms with E-state index in [2.05, 4.69) is 16.4 Å². The second kappa shape index (κ2) is 6.22. The minimum absolute atomic E-state index is 0.0770. The third kappa shape index (κ3) is 3.93. The maximum atomic E-state index is 11.7. The number of anilines is 1. The van der Waals surface area contributed by atoms with Crippen LogP contribution in [0.25, 0.3) is 0 Å². The van der Waals surface area contributed by atoms with E-state index in [1.807, 2.05) is 25.1 Å². The van der Waals surface area contributed by atoms with Crippen molar-refractivity contribution in [1.82, 2.24) is 15.2 Å². The zero-order chi connectivity index (χ0) is 14.7. The fraction of sp³-hybridized carbons (Fsp3) is 0.600. The number of nitrogens with one attached hydrogen (secondary N) is 1. The smallest absolute Gasteiger partial charge is 0.241 e. The van der Waals surface area contributed by atoms with Crippen LogP contribution in [0.15, 0.2) is 12.3 Å². The topological polar surface area (TPSA) is 48.5 Å². The molecule has 2 rings (SSSR count). The normalized spacial score (nSPS) is 14.2. The predicted molar refractivity (Wildman–Crippen MR) is 80.8 cm³/mol. The molecule has 5 heteroatoms. The Morgan fingerprint density at radius 2 is 2.10 bits per heavy atom. The average molecular weight is 276 g/mol. The lowest BCUT2D eigenvalue weighted by Gasteiger charge is -2.22. The summed E-state index contributed by atoms with van der Waals surface area (Å²) in [6.45, 7) is 3.26. The second-order valence-electron chi connectivity index (χ2n) is 5.78. The van der Waals surface area contributed by atoms with Gasteiger partial charge in [-0.15, -0.1) is 0 Å². The van der Waals surface area contributed by atoms with Gasteiger partial charge in [-0.3, -0.25) is 4.79 Å². The first-order valence-corrected chi connectivity index (χ1v) is 7.07. The van der Waals surface area contributed by atoms with Crippen LogP contribution < -0.4 is 10.2 Å². The first-order chi connectivity index (χ1) is 9.47. The summed E-state index contributed by atoms with van der Waals surface area (Å²) < 4.78 is 0. The van der Waals surface area contributed by atoms with Crippen LogP contribution in [-0.2, 0) is 11.3 Å². The number of pyridine rings is 1. The summed E-state index contributed by atoms with van der Waals surface area (Å²) in [6.07, 6.45) is 4.48. The summed E-state index contributed by atoms with van der Waals surface area (Å²) in [5.41, 5.74) is 2.31. The zero-order valence-corrected chi connectivity index (χ0v) is 12.8. The number of carbonyl (C=O) groups is 1. The molecule has 1 saturated carbocycles. The van der Waals surface area contributed by atoms with Gasteiger partial charge >= 0.3 is 0 Å². The maximum Gasteiger partial charge on any atom is 0.241 e. The molecule has 0 aromatic carbocycles. The van der Waals surface area contributed by atoms with Crippen molar-refractivity contribution < 1.29 is 4.79 Å². The molecule has 1 fully saturated rings. The average Bonchev–Trinajstić information content (AvgIpc) is 3.20. The first-order valence-electron chi connectivity index (χ1n) is 7.07. The molecule has 0 unspecified atom stereocenters. The summed E-state index contributed by atoms with van der Waals surface area (Å²) >= 11 is 0. The van der Waals surface area contributed by atoms with Crippen LogP contribution in [-0.4, -0.2) is 49.5 Å². The molecule has 0 aliphatic heterocycles. The molecule has 1 aliphatic carbocycles. The number of nitrogens with zero attached hydrogens (tertiary/aromatic N) is 3. The summed E-state index contributed by atoms with van der Waals surface area (Å²) in [6, 6.07) is 2.85. The molecule has 0 saturated heterocycles. The van der Waals surface area contributed by atoms with Crippen molar-refractivity contribution in [3.63, 3.8) is 0 Å². The number of rotatable bonds is 6. The number of hydrogen-bond acceptors (Lipinski definition) is 4. The van der Waals surface area contributed by atoms with Gasteiger partial charge in [0.05, 0.1) is 6.54 Å². The standard InChI is InChI=1S/C15H24N4O/c1-11-7-12(8-16-13-5-6-13)9-17-15(11)19(4)10-14(20)18(2)3/h7,9,13,16H,5-6,8,10H2,1-4H3. The number of likely N-dealkylation sites (N-methyl/N-ethyl adjacent to an activating group) is 2. The Morgan fingerprint density at radius 1 is 1.40 bits per heavy atom. The summed E-state index contributed by atoms with van der Waals surface area (Å²) in [5, 5.41) is 3.48. The van der Waals surface area contributed by atoms with Crippen LogP contribution in [0.3, 0.4) is 0 Å². The molecular weight excluding hydrogens is 252 g/mol. The largest absolute Gasteiger partial charge is 0.350 e. The number of hydrogen-bond donors (Lipinski definition) is 1. The summed E-state index contributed by atoms with van der Waals surface area (Å²) in [7, 11) is 5.44. The molecule has 0 atom stereocenters. The van der Waals surface area contributed by atoms with Crippen LogP contribution in [0.1, 0.15) is 24.0 Å². The number of carbonyl (C=O) groups excluding carboxylic acids is 1. The third-order valence-electron chi connectivity index (χ3n) is 3.51. The van der Waals surface area contributed by atoms with Gasteiger partial charge in [0.15, 0.2) is 0 Å². The van der Waals surface area contributed by atoms with Gasteiger partial charge in [0.1, 0.15) is 5.82 Å². The van der Waals surface area contributed by atoms with Crippen LogP contribution >= 0.6 is 0 Å². The van der Waals surface area contributed by atoms with Crippen LogP contribution in [0, 0.1) is 6.92 Å². The molecule has 0 spiro atoms. The van der Waals surface area contributed by atoms with Gasteiger partial charge in [-0.2, -0.15) is 0 Å². The van der Waals surface area contributed by atoms with Gasteiger partial charge < -0.3 is 15.1 Å². The molecule has 5 nitrogen and oxygen atoms in total. The van der Waals surface area contributed by atoms with Gasteiger partial charge in [-0.05, 0) is 37.0 Å². The summed E-state index contributed by atoms with van der Waals surface area (Å²) in [4.78, 5) is 19.7. The number of amides is 1. The van der Waals surface area contributed by atoms with Gasteiger partial charge in [0, 0.05) is 39.9 Å². The minimum atomic E-state index is 0.0770. The molecule has 110 valence electrons. The highest BCUT2D eigenvalue weighted by Crippen LogP contribution is 2.20. The maximum absolute atomic E-state index is 11.7. The van der Waals surface area contributed by atoms with Crippen molar-refractivity contribution >= 4 is 11.7 Å². The second-order valence-corrected chi connectivity index (χ2v) is 5.78. The lowest BCUT2D eigenvalue weighted by Crippen LogP contribution is -2.35. The van der Waals surface area contributed by atoms with E-state index in [-0.39, 0.29) is 5.91 Å². The molecule has 1 N–H and O–H groups in total. The molecule has 20 heavy (non-hydrogen) atoms. The Bertz CT molecular complexity index is 483. The van der Waals surface area contributed by atoms with Gasteiger partial charge in [0.2, 0.25) is 5.91 Å². The van der Waals surface area contributed by atoms with E-state index < -0.39 is 0 Å². The van der Waals surface area contributed by atoms with Gasteiger partial charge in [-0.1, -0.05) is 0 Å². The third-order valence-corrected chi connectivity index (χ3v) is 3.51. The minimum Gasteiger partial charge on any atom is -0.350 e. The van der Waals surface area contributed by atoms with E-state index >= 15 is 0 Å². The Balaban J connectivity index is 1.98. The fourth-order valence-electron chi connectivity index (χ4n) is 2.09. The number of aromatic nitrogens is 1. The lowest BCUT2D eigenvalue weighted by molar-refractivity contribution is -0.127. The first kappa shape index (κ1) is 14.8. The van der Waals surface area contributed by atoms with Crippen molar-refractivity contribution in [2.45, 2.75) is 32.4 Å². The number of aryl methyl sites for hydroxylation is 1. The molecule has 0 radical (unpaired) electrons. The highest BCUT2D eigenvalue weighted by molar-refractivity contribution is 5.80. The van der Waals surface area contributed by atoms with Crippen molar-refractivity contribution in [3.05, 3.63) is 23.4 Å². The highest BCUT2D eigenvalue weighted by atomic mass is 16.2. The summed E-state index contributed by atoms with van der Waals surface area (Å²) in [5.74, 6) is 0.948. The van der Waals surface area contributed by atoms with Crippen molar-refractivity contribution in [1.29, 1.82) is 0 Å². The molecule has 0 bridgehead atoms. The molecule has 1 heterocycles. The Morgan fingerprint density at radius 3 is 2.65 bits per heavy atom. The molecule has 1 aromatic rings. The van der Waals surface area contributed by atoms with Gasteiger partial charge in [-0.25, -0.2) is 4.98 Å². The fourth-order valence-corrected chi connectivity index (χ4v) is 2.09. The van der Waals surface area contributed by atoms with Crippen molar-refractivity contribution in [2.75, 3.05) is 32.6 Å². The lowest BCUT2D eigenvalue weighted by atomic mass is 10.2.